The number of methoxy groups -OCH3 is 1. The second-order valence-electron chi connectivity index (χ2n) is 5.21. The lowest BCUT2D eigenvalue weighted by atomic mass is 10.2. The number of likely N-dealkylation sites (tertiary alicyclic amines) is 1. The molecule has 2 rings (SSSR count). The molecule has 2 fully saturated rings. The first kappa shape index (κ1) is 14.1. The van der Waals surface area contributed by atoms with Gasteiger partial charge in [0.25, 0.3) is 0 Å². The Morgan fingerprint density at radius 1 is 1.32 bits per heavy atom. The molecule has 7 nitrogen and oxygen atoms in total. The summed E-state index contributed by atoms with van der Waals surface area (Å²) in [5, 5.41) is 21.4. The number of nitrogens with one attached hydrogen (secondary N) is 1. The van der Waals surface area contributed by atoms with Gasteiger partial charge in [-0.1, -0.05) is 0 Å². The highest BCUT2D eigenvalue weighted by Gasteiger charge is 2.40. The number of ether oxygens (including phenoxy) is 1. The monoisotopic (exact) mass is 272 g/mol. The van der Waals surface area contributed by atoms with Crippen LogP contribution in [0.1, 0.15) is 25.7 Å². The lowest BCUT2D eigenvalue weighted by Gasteiger charge is -2.24. The average Bonchev–Trinajstić information content (AvgIpc) is 2.95. The summed E-state index contributed by atoms with van der Waals surface area (Å²) in [4.78, 5) is 24.3. The van der Waals surface area contributed by atoms with E-state index in [9.17, 15) is 14.7 Å². The van der Waals surface area contributed by atoms with Crippen LogP contribution in [0.5, 0.6) is 0 Å². The Balaban J connectivity index is 1.90. The van der Waals surface area contributed by atoms with Crippen LogP contribution in [0.3, 0.4) is 0 Å². The van der Waals surface area contributed by atoms with Crippen LogP contribution in [-0.4, -0.2) is 65.1 Å². The summed E-state index contributed by atoms with van der Waals surface area (Å²) in [5.41, 5.74) is 0. The summed E-state index contributed by atoms with van der Waals surface area (Å²) in [6.45, 7) is 0.0726. The van der Waals surface area contributed by atoms with Crippen molar-refractivity contribution in [2.75, 3.05) is 13.7 Å². The first-order valence-corrected chi connectivity index (χ1v) is 6.52. The maximum absolute atomic E-state index is 12.1. The van der Waals surface area contributed by atoms with Gasteiger partial charge < -0.3 is 25.2 Å². The largest absolute Gasteiger partial charge is 0.480 e. The molecule has 4 atom stereocenters. The van der Waals surface area contributed by atoms with Gasteiger partial charge in [0.2, 0.25) is 0 Å². The van der Waals surface area contributed by atoms with E-state index in [4.69, 9.17) is 9.84 Å². The predicted molar refractivity (Wildman–Crippen MR) is 65.7 cm³/mol. The molecule has 1 saturated carbocycles. The number of aliphatic hydroxyl groups is 1. The molecule has 2 aliphatic rings. The number of carboxylic acid groups (broad SMARTS) is 1. The Bertz CT molecular complexity index is 362. The molecule has 2 unspecified atom stereocenters. The van der Waals surface area contributed by atoms with Gasteiger partial charge in [-0.2, -0.15) is 0 Å². The second-order valence-corrected chi connectivity index (χ2v) is 5.21. The normalized spacial score (nSPS) is 34.5. The molecule has 0 aromatic rings. The number of urea groups is 1. The van der Waals surface area contributed by atoms with Crippen molar-refractivity contribution >= 4 is 12.0 Å². The number of aliphatic carboxylic acids is 1. The molecule has 2 amide bonds. The van der Waals surface area contributed by atoms with Gasteiger partial charge in [0.05, 0.1) is 12.2 Å². The van der Waals surface area contributed by atoms with Crippen molar-refractivity contribution in [3.63, 3.8) is 0 Å². The zero-order valence-electron chi connectivity index (χ0n) is 10.9. The van der Waals surface area contributed by atoms with Crippen LogP contribution in [-0.2, 0) is 9.53 Å². The summed E-state index contributed by atoms with van der Waals surface area (Å²) in [7, 11) is 1.64. The molecule has 0 radical (unpaired) electrons. The number of hydrogen-bond acceptors (Lipinski definition) is 4. The maximum atomic E-state index is 12.1. The van der Waals surface area contributed by atoms with Gasteiger partial charge in [-0.3, -0.25) is 0 Å². The number of amides is 2. The zero-order valence-corrected chi connectivity index (χ0v) is 10.9. The van der Waals surface area contributed by atoms with E-state index in [0.717, 1.165) is 19.3 Å². The standard InChI is InChI=1S/C12H20N2O5/c1-19-9-3-2-7(4-9)13-12(18)14-6-8(15)5-10(14)11(16)17/h7-10,15H,2-6H2,1H3,(H,13,18)(H,16,17)/t7?,8-,9?,10-/m0/s1. The van der Waals surface area contributed by atoms with E-state index in [1.54, 1.807) is 7.11 Å². The van der Waals surface area contributed by atoms with E-state index < -0.39 is 24.1 Å². The average molecular weight is 272 g/mol. The number of β-amino-alcohol motifs (C(OH)–C–C–N with tert-alkyl or cyclic N) is 1. The van der Waals surface area contributed by atoms with Crippen LogP contribution in [0.4, 0.5) is 4.79 Å². The number of aliphatic hydroxyl groups excluding tert-OH is 1. The number of nitrogens with zero attached hydrogens (tertiary/aromatic N) is 1. The molecular weight excluding hydrogens is 252 g/mol. The molecule has 1 saturated heterocycles. The smallest absolute Gasteiger partial charge is 0.326 e. The van der Waals surface area contributed by atoms with Crippen molar-refractivity contribution in [1.29, 1.82) is 0 Å². The quantitative estimate of drug-likeness (QED) is 0.660. The molecule has 0 spiro atoms. The van der Waals surface area contributed by atoms with Crippen LogP contribution in [0.25, 0.3) is 0 Å². The molecule has 108 valence electrons. The van der Waals surface area contributed by atoms with Crippen LogP contribution >= 0.6 is 0 Å². The predicted octanol–water partition coefficient (Wildman–Crippen LogP) is -0.217. The van der Waals surface area contributed by atoms with E-state index in [0.29, 0.717) is 0 Å². The molecule has 0 bridgehead atoms. The molecule has 1 heterocycles. The van der Waals surface area contributed by atoms with Crippen molar-refractivity contribution < 1.29 is 24.5 Å². The molecule has 1 aliphatic heterocycles. The second kappa shape index (κ2) is 5.75. The molecule has 19 heavy (non-hydrogen) atoms. The van der Waals surface area contributed by atoms with E-state index in [1.165, 1.54) is 4.90 Å². The molecule has 0 aromatic carbocycles. The van der Waals surface area contributed by atoms with Gasteiger partial charge in [0.15, 0.2) is 0 Å². The van der Waals surface area contributed by atoms with Crippen molar-refractivity contribution in [2.45, 2.75) is 50.0 Å². The third kappa shape index (κ3) is 3.16. The number of carboxylic acids is 1. The van der Waals surface area contributed by atoms with E-state index in [-0.39, 0.29) is 25.1 Å². The van der Waals surface area contributed by atoms with Crippen LogP contribution < -0.4 is 5.32 Å². The van der Waals surface area contributed by atoms with Crippen LogP contribution in [0, 0.1) is 0 Å². The van der Waals surface area contributed by atoms with Gasteiger partial charge in [-0.05, 0) is 19.3 Å². The highest BCUT2D eigenvalue weighted by Crippen LogP contribution is 2.23. The fourth-order valence-corrected chi connectivity index (χ4v) is 2.82. The minimum atomic E-state index is -1.08. The third-order valence-electron chi connectivity index (χ3n) is 3.87. The number of carbonyl (C=O) groups is 2. The minimum Gasteiger partial charge on any atom is -0.480 e. The summed E-state index contributed by atoms with van der Waals surface area (Å²) in [6.07, 6.45) is 1.96. The molecule has 1 aliphatic carbocycles. The van der Waals surface area contributed by atoms with Crippen molar-refractivity contribution in [3.8, 4) is 0 Å². The Morgan fingerprint density at radius 2 is 2.05 bits per heavy atom. The first-order valence-electron chi connectivity index (χ1n) is 6.52. The Labute approximate surface area is 111 Å². The summed E-state index contributed by atoms with van der Waals surface area (Å²) in [5.74, 6) is -1.08. The third-order valence-corrected chi connectivity index (χ3v) is 3.87. The van der Waals surface area contributed by atoms with Crippen LogP contribution in [0.2, 0.25) is 0 Å². The lowest BCUT2D eigenvalue weighted by molar-refractivity contribution is -0.141. The number of rotatable bonds is 3. The maximum Gasteiger partial charge on any atom is 0.326 e. The van der Waals surface area contributed by atoms with Crippen LogP contribution in [0.15, 0.2) is 0 Å². The molecular formula is C12H20N2O5. The summed E-state index contributed by atoms with van der Waals surface area (Å²) < 4.78 is 5.23. The highest BCUT2D eigenvalue weighted by molar-refractivity contribution is 5.83. The Hall–Kier alpha value is -1.34. The van der Waals surface area contributed by atoms with Crippen molar-refractivity contribution in [3.05, 3.63) is 0 Å². The first-order chi connectivity index (χ1) is 9.01. The van der Waals surface area contributed by atoms with E-state index in [2.05, 4.69) is 5.32 Å². The number of carbonyl (C=O) groups excluding carboxylic acids is 1. The topological polar surface area (TPSA) is 99.1 Å². The minimum absolute atomic E-state index is 0.0182. The van der Waals surface area contributed by atoms with Gasteiger partial charge in [-0.25, -0.2) is 9.59 Å². The van der Waals surface area contributed by atoms with Gasteiger partial charge in [0, 0.05) is 26.1 Å². The van der Waals surface area contributed by atoms with Gasteiger partial charge in [0.1, 0.15) is 6.04 Å². The summed E-state index contributed by atoms with van der Waals surface area (Å²) in [6, 6.07) is -1.33. The SMILES string of the molecule is COC1CCC(NC(=O)N2C[C@@H](O)C[C@H]2C(=O)O)C1. The van der Waals surface area contributed by atoms with Gasteiger partial charge in [-0.15, -0.1) is 0 Å². The molecule has 0 aromatic heterocycles. The lowest BCUT2D eigenvalue weighted by Crippen LogP contribution is -2.48. The van der Waals surface area contributed by atoms with E-state index >= 15 is 0 Å². The summed E-state index contributed by atoms with van der Waals surface area (Å²) >= 11 is 0. The molecule has 7 heteroatoms. The number of hydrogen-bond donors (Lipinski definition) is 3. The van der Waals surface area contributed by atoms with Gasteiger partial charge >= 0.3 is 12.0 Å². The fourth-order valence-electron chi connectivity index (χ4n) is 2.82. The van der Waals surface area contributed by atoms with Crippen molar-refractivity contribution in [1.82, 2.24) is 10.2 Å². The molecule has 3 N–H and O–H groups in total. The zero-order chi connectivity index (χ0) is 14.0. The Morgan fingerprint density at radius 3 is 2.63 bits per heavy atom. The Kier molecular flexibility index (Phi) is 4.26. The highest BCUT2D eigenvalue weighted by atomic mass is 16.5. The van der Waals surface area contributed by atoms with E-state index in [1.807, 2.05) is 0 Å². The fraction of sp³-hybridized carbons (Fsp3) is 0.833. The van der Waals surface area contributed by atoms with Crippen molar-refractivity contribution in [2.24, 2.45) is 0 Å².